The van der Waals surface area contributed by atoms with Crippen LogP contribution in [0.4, 0.5) is 10.1 Å². The highest BCUT2D eigenvalue weighted by molar-refractivity contribution is 7.89. The van der Waals surface area contributed by atoms with Gasteiger partial charge in [-0.2, -0.15) is 0 Å². The lowest BCUT2D eigenvalue weighted by Gasteiger charge is -2.22. The van der Waals surface area contributed by atoms with E-state index in [1.54, 1.807) is 19.9 Å². The topological polar surface area (TPSA) is 104 Å². The predicted octanol–water partition coefficient (Wildman–Crippen LogP) is 2.13. The van der Waals surface area contributed by atoms with Crippen molar-refractivity contribution in [3.8, 4) is 0 Å². The molecule has 0 radical (unpaired) electrons. The van der Waals surface area contributed by atoms with Gasteiger partial charge in [0.05, 0.1) is 4.90 Å². The Morgan fingerprint density at radius 2 is 1.68 bits per heavy atom. The monoisotopic (exact) mass is 407 g/mol. The summed E-state index contributed by atoms with van der Waals surface area (Å²) < 4.78 is 39.0. The first-order valence-corrected chi connectivity index (χ1v) is 10.0. The molecule has 7 nitrogen and oxygen atoms in total. The van der Waals surface area contributed by atoms with Gasteiger partial charge < -0.3 is 10.6 Å². The first-order valence-electron chi connectivity index (χ1n) is 8.55. The second-order valence-corrected chi connectivity index (χ2v) is 8.31. The lowest BCUT2D eigenvalue weighted by atomic mass is 10.0. The molecule has 2 rings (SSSR count). The molecular weight excluding hydrogens is 385 g/mol. The van der Waals surface area contributed by atoms with Crippen molar-refractivity contribution >= 4 is 27.5 Å². The van der Waals surface area contributed by atoms with E-state index in [0.717, 1.165) is 12.1 Å². The van der Waals surface area contributed by atoms with Crippen LogP contribution in [0.25, 0.3) is 0 Å². The molecule has 2 amide bonds. The van der Waals surface area contributed by atoms with Gasteiger partial charge in [-0.25, -0.2) is 17.5 Å². The van der Waals surface area contributed by atoms with Crippen LogP contribution >= 0.6 is 0 Å². The number of benzene rings is 2. The smallest absolute Gasteiger partial charge is 0.251 e. The molecule has 28 heavy (non-hydrogen) atoms. The molecule has 0 fully saturated rings. The minimum absolute atomic E-state index is 0.00393. The third-order valence-electron chi connectivity index (χ3n) is 4.02. The molecule has 150 valence electrons. The zero-order valence-corrected chi connectivity index (χ0v) is 16.5. The van der Waals surface area contributed by atoms with Crippen molar-refractivity contribution in [1.29, 1.82) is 0 Å². The summed E-state index contributed by atoms with van der Waals surface area (Å²) in [5.74, 6) is -1.72. The van der Waals surface area contributed by atoms with Gasteiger partial charge in [0, 0.05) is 11.3 Å². The number of nitrogens with one attached hydrogen (secondary N) is 3. The summed E-state index contributed by atoms with van der Waals surface area (Å²) in [4.78, 5) is 25.0. The van der Waals surface area contributed by atoms with Crippen molar-refractivity contribution in [2.75, 3.05) is 12.4 Å². The Morgan fingerprint density at radius 1 is 1.04 bits per heavy atom. The van der Waals surface area contributed by atoms with Gasteiger partial charge in [0.1, 0.15) is 11.9 Å². The fourth-order valence-corrected chi connectivity index (χ4v) is 3.22. The van der Waals surface area contributed by atoms with E-state index in [0.29, 0.717) is 0 Å². The maximum Gasteiger partial charge on any atom is 0.251 e. The van der Waals surface area contributed by atoms with Gasteiger partial charge in [0.2, 0.25) is 15.9 Å². The minimum atomic E-state index is -3.65. The van der Waals surface area contributed by atoms with Crippen molar-refractivity contribution in [3.05, 3.63) is 59.9 Å². The average Bonchev–Trinajstić information content (AvgIpc) is 2.66. The molecule has 0 saturated carbocycles. The van der Waals surface area contributed by atoms with Gasteiger partial charge >= 0.3 is 0 Å². The molecule has 0 aliphatic heterocycles. The maximum absolute atomic E-state index is 13.0. The molecule has 0 heterocycles. The first kappa shape index (κ1) is 21.5. The highest BCUT2D eigenvalue weighted by Crippen LogP contribution is 2.16. The molecule has 9 heteroatoms. The molecule has 0 aliphatic rings. The van der Waals surface area contributed by atoms with Crippen LogP contribution < -0.4 is 15.4 Å². The second kappa shape index (κ2) is 8.94. The number of hydrogen-bond donors (Lipinski definition) is 3. The molecule has 3 N–H and O–H groups in total. The van der Waals surface area contributed by atoms with E-state index in [-0.39, 0.29) is 22.1 Å². The van der Waals surface area contributed by atoms with Crippen LogP contribution in [0.5, 0.6) is 0 Å². The number of amides is 2. The van der Waals surface area contributed by atoms with Crippen molar-refractivity contribution in [2.45, 2.75) is 24.8 Å². The Bertz CT molecular complexity index is 959. The quantitative estimate of drug-likeness (QED) is 0.654. The Hall–Kier alpha value is -2.78. The van der Waals surface area contributed by atoms with Gasteiger partial charge in [0.25, 0.3) is 5.91 Å². The number of carbonyl (C=O) groups excluding carboxylic acids is 2. The van der Waals surface area contributed by atoms with E-state index in [1.807, 2.05) is 0 Å². The number of hydrogen-bond acceptors (Lipinski definition) is 4. The predicted molar refractivity (Wildman–Crippen MR) is 104 cm³/mol. The van der Waals surface area contributed by atoms with E-state index >= 15 is 0 Å². The Labute approximate surface area is 163 Å². The van der Waals surface area contributed by atoms with Crippen LogP contribution in [-0.2, 0) is 14.8 Å². The number of anilines is 1. The molecule has 0 bridgehead atoms. The molecular formula is C19H22FN3O4S. The Balaban J connectivity index is 2.16. The Kier molecular flexibility index (Phi) is 6.87. The molecule has 0 aliphatic carbocycles. The van der Waals surface area contributed by atoms with Gasteiger partial charge in [-0.05, 0) is 55.4 Å². The van der Waals surface area contributed by atoms with Gasteiger partial charge in [-0.1, -0.05) is 19.9 Å². The third-order valence-corrected chi connectivity index (χ3v) is 5.43. The molecule has 1 atom stereocenters. The van der Waals surface area contributed by atoms with Crippen LogP contribution in [-0.4, -0.2) is 33.3 Å². The van der Waals surface area contributed by atoms with Crippen molar-refractivity contribution in [1.82, 2.24) is 10.0 Å². The van der Waals surface area contributed by atoms with E-state index < -0.39 is 33.7 Å². The van der Waals surface area contributed by atoms with Crippen LogP contribution in [0.1, 0.15) is 24.2 Å². The molecule has 1 unspecified atom stereocenters. The highest BCUT2D eigenvalue weighted by Gasteiger charge is 2.25. The van der Waals surface area contributed by atoms with Gasteiger partial charge in [-0.3, -0.25) is 9.59 Å². The van der Waals surface area contributed by atoms with Gasteiger partial charge in [-0.15, -0.1) is 0 Å². The third kappa shape index (κ3) is 5.37. The SMILES string of the molecule is CNS(=O)(=O)c1cccc(NC(=O)C(NC(=O)c2ccc(F)cc2)C(C)C)c1. The van der Waals surface area contributed by atoms with Gasteiger partial charge in [0.15, 0.2) is 0 Å². The van der Waals surface area contributed by atoms with Crippen LogP contribution in [0.15, 0.2) is 53.4 Å². The van der Waals surface area contributed by atoms with Crippen LogP contribution in [0.2, 0.25) is 0 Å². The van der Waals surface area contributed by atoms with E-state index in [1.165, 1.54) is 37.4 Å². The summed E-state index contributed by atoms with van der Waals surface area (Å²) >= 11 is 0. The summed E-state index contributed by atoms with van der Waals surface area (Å²) in [5, 5.41) is 5.24. The molecule has 0 spiro atoms. The zero-order chi connectivity index (χ0) is 20.9. The zero-order valence-electron chi connectivity index (χ0n) is 15.7. The molecule has 2 aromatic carbocycles. The number of carbonyl (C=O) groups is 2. The highest BCUT2D eigenvalue weighted by atomic mass is 32.2. The summed E-state index contributed by atoms with van der Waals surface area (Å²) in [6.07, 6.45) is 0. The number of halogens is 1. The molecule has 2 aromatic rings. The number of rotatable bonds is 7. The summed E-state index contributed by atoms with van der Waals surface area (Å²) in [6.45, 7) is 3.52. The first-order chi connectivity index (χ1) is 13.1. The summed E-state index contributed by atoms with van der Waals surface area (Å²) in [5.41, 5.74) is 0.505. The van der Waals surface area contributed by atoms with Crippen molar-refractivity contribution in [3.63, 3.8) is 0 Å². The van der Waals surface area contributed by atoms with E-state index in [2.05, 4.69) is 15.4 Å². The lowest BCUT2D eigenvalue weighted by molar-refractivity contribution is -0.118. The van der Waals surface area contributed by atoms with Crippen LogP contribution in [0.3, 0.4) is 0 Å². The van der Waals surface area contributed by atoms with E-state index in [4.69, 9.17) is 0 Å². The van der Waals surface area contributed by atoms with Crippen LogP contribution in [0, 0.1) is 11.7 Å². The van der Waals surface area contributed by atoms with Crippen molar-refractivity contribution < 1.29 is 22.4 Å². The lowest BCUT2D eigenvalue weighted by Crippen LogP contribution is -2.47. The van der Waals surface area contributed by atoms with Crippen molar-refractivity contribution in [2.24, 2.45) is 5.92 Å². The maximum atomic E-state index is 13.0. The van der Waals surface area contributed by atoms with E-state index in [9.17, 15) is 22.4 Å². The summed E-state index contributed by atoms with van der Waals surface area (Å²) in [7, 11) is -2.36. The number of sulfonamides is 1. The second-order valence-electron chi connectivity index (χ2n) is 6.43. The average molecular weight is 407 g/mol. The fraction of sp³-hybridized carbons (Fsp3) is 0.263. The fourth-order valence-electron chi connectivity index (χ4n) is 2.44. The standard InChI is InChI=1S/C19H22FN3O4S/c1-12(2)17(23-18(24)13-7-9-14(20)10-8-13)19(25)22-15-5-4-6-16(11-15)28(26,27)21-3/h4-12,17,21H,1-3H3,(H,22,25)(H,23,24). The molecule has 0 saturated heterocycles. The summed E-state index contributed by atoms with van der Waals surface area (Å²) in [6, 6.07) is 9.87. The minimum Gasteiger partial charge on any atom is -0.340 e. The largest absolute Gasteiger partial charge is 0.340 e. The Morgan fingerprint density at radius 3 is 2.25 bits per heavy atom. The molecule has 0 aromatic heterocycles. The normalized spacial score (nSPS) is 12.5.